The van der Waals surface area contributed by atoms with Gasteiger partial charge in [0.25, 0.3) is 5.91 Å². The highest BCUT2D eigenvalue weighted by Gasteiger charge is 2.22. The van der Waals surface area contributed by atoms with Gasteiger partial charge in [-0.2, -0.15) is 0 Å². The third-order valence-corrected chi connectivity index (χ3v) is 4.45. The molecule has 2 aromatic carbocycles. The first kappa shape index (κ1) is 22.1. The number of anilines is 2. The van der Waals surface area contributed by atoms with Gasteiger partial charge in [0.2, 0.25) is 11.8 Å². The van der Waals surface area contributed by atoms with Crippen LogP contribution in [0.25, 0.3) is 0 Å². The predicted octanol–water partition coefficient (Wildman–Crippen LogP) is 3.94. The van der Waals surface area contributed by atoms with Crippen molar-refractivity contribution in [2.45, 2.75) is 34.1 Å². The molecule has 0 unspecified atom stereocenters. The Balaban J connectivity index is 2.03. The van der Waals surface area contributed by atoms with Crippen LogP contribution in [0.1, 0.15) is 43.6 Å². The fraction of sp³-hybridized carbons (Fsp3) is 0.348. The fourth-order valence-electron chi connectivity index (χ4n) is 2.70. The van der Waals surface area contributed by atoms with Crippen molar-refractivity contribution in [3.05, 3.63) is 59.7 Å². The zero-order valence-corrected chi connectivity index (χ0v) is 17.7. The van der Waals surface area contributed by atoms with Crippen molar-refractivity contribution in [3.8, 4) is 0 Å². The molecule has 0 bridgehead atoms. The lowest BCUT2D eigenvalue weighted by atomic mass is 9.95. The number of para-hydroxylation sites is 1. The average molecular weight is 396 g/mol. The van der Waals surface area contributed by atoms with Crippen molar-refractivity contribution < 1.29 is 14.4 Å². The SMILES string of the molecule is CCc1ccccc1NC(=O)CN(C)C(=O)c1cccc(NC(=O)C(C)(C)C)c1. The van der Waals surface area contributed by atoms with Crippen molar-refractivity contribution in [2.75, 3.05) is 24.2 Å². The minimum Gasteiger partial charge on any atom is -0.332 e. The van der Waals surface area contributed by atoms with E-state index in [1.807, 2.05) is 52.0 Å². The minimum atomic E-state index is -0.538. The number of carbonyl (C=O) groups is 3. The van der Waals surface area contributed by atoms with E-state index in [4.69, 9.17) is 0 Å². The number of amides is 3. The van der Waals surface area contributed by atoms with Crippen LogP contribution in [-0.2, 0) is 16.0 Å². The van der Waals surface area contributed by atoms with Crippen LogP contribution < -0.4 is 10.6 Å². The number of carbonyl (C=O) groups excluding carboxylic acids is 3. The van der Waals surface area contributed by atoms with Crippen LogP contribution in [0.5, 0.6) is 0 Å². The molecular formula is C23H29N3O3. The first-order valence-corrected chi connectivity index (χ1v) is 9.66. The molecule has 0 atom stereocenters. The molecular weight excluding hydrogens is 366 g/mol. The van der Waals surface area contributed by atoms with Crippen LogP contribution in [0.3, 0.4) is 0 Å². The number of aryl methyl sites for hydroxylation is 1. The number of nitrogens with zero attached hydrogens (tertiary/aromatic N) is 1. The number of rotatable bonds is 6. The molecule has 2 rings (SSSR count). The normalized spacial score (nSPS) is 10.9. The molecule has 6 heteroatoms. The summed E-state index contributed by atoms with van der Waals surface area (Å²) in [7, 11) is 1.58. The molecule has 0 radical (unpaired) electrons. The Morgan fingerprint density at radius 2 is 1.66 bits per heavy atom. The number of likely N-dealkylation sites (N-methyl/N-ethyl adjacent to an activating group) is 1. The topological polar surface area (TPSA) is 78.5 Å². The fourth-order valence-corrected chi connectivity index (χ4v) is 2.70. The van der Waals surface area contributed by atoms with E-state index in [1.54, 1.807) is 31.3 Å². The van der Waals surface area contributed by atoms with Gasteiger partial charge < -0.3 is 15.5 Å². The summed E-state index contributed by atoms with van der Waals surface area (Å²) < 4.78 is 0. The molecule has 0 spiro atoms. The molecule has 29 heavy (non-hydrogen) atoms. The quantitative estimate of drug-likeness (QED) is 0.777. The first-order valence-electron chi connectivity index (χ1n) is 9.66. The monoisotopic (exact) mass is 395 g/mol. The number of nitrogens with one attached hydrogen (secondary N) is 2. The Morgan fingerprint density at radius 1 is 0.966 bits per heavy atom. The lowest BCUT2D eigenvalue weighted by Gasteiger charge is -2.19. The third-order valence-electron chi connectivity index (χ3n) is 4.45. The van der Waals surface area contributed by atoms with Gasteiger partial charge in [-0.3, -0.25) is 14.4 Å². The highest BCUT2D eigenvalue weighted by atomic mass is 16.2. The standard InChI is InChI=1S/C23H29N3O3/c1-6-16-10-7-8-13-19(16)25-20(27)15-26(5)21(28)17-11-9-12-18(14-17)24-22(29)23(2,3)4/h7-14H,6,15H2,1-5H3,(H,24,29)(H,25,27). The summed E-state index contributed by atoms with van der Waals surface area (Å²) in [5, 5.41) is 5.68. The highest BCUT2D eigenvalue weighted by molar-refractivity contribution is 6.01. The molecule has 0 saturated heterocycles. The maximum Gasteiger partial charge on any atom is 0.254 e. The second kappa shape index (κ2) is 9.37. The van der Waals surface area contributed by atoms with E-state index in [1.165, 1.54) is 4.90 Å². The summed E-state index contributed by atoms with van der Waals surface area (Å²) in [6, 6.07) is 14.3. The van der Waals surface area contributed by atoms with Crippen LogP contribution >= 0.6 is 0 Å². The van der Waals surface area contributed by atoms with Crippen LogP contribution in [0.2, 0.25) is 0 Å². The van der Waals surface area contributed by atoms with Gasteiger partial charge in [-0.1, -0.05) is 52.0 Å². The van der Waals surface area contributed by atoms with Gasteiger partial charge in [-0.05, 0) is 36.2 Å². The van der Waals surface area contributed by atoms with Crippen molar-refractivity contribution in [1.82, 2.24) is 4.90 Å². The molecule has 0 aliphatic carbocycles. The molecule has 2 aromatic rings. The summed E-state index contributed by atoms with van der Waals surface area (Å²) in [6.45, 7) is 7.41. The minimum absolute atomic E-state index is 0.0739. The number of benzene rings is 2. The molecule has 0 fully saturated rings. The lowest BCUT2D eigenvalue weighted by Crippen LogP contribution is -2.35. The van der Waals surface area contributed by atoms with E-state index < -0.39 is 5.41 Å². The largest absolute Gasteiger partial charge is 0.332 e. The summed E-state index contributed by atoms with van der Waals surface area (Å²) >= 11 is 0. The summed E-state index contributed by atoms with van der Waals surface area (Å²) in [5.41, 5.74) is 2.21. The van der Waals surface area contributed by atoms with Gasteiger partial charge in [0.1, 0.15) is 0 Å². The van der Waals surface area contributed by atoms with Crippen LogP contribution in [0.15, 0.2) is 48.5 Å². The van der Waals surface area contributed by atoms with Gasteiger partial charge in [-0.15, -0.1) is 0 Å². The smallest absolute Gasteiger partial charge is 0.254 e. The average Bonchev–Trinajstić information content (AvgIpc) is 2.67. The molecule has 6 nitrogen and oxygen atoms in total. The summed E-state index contributed by atoms with van der Waals surface area (Å²) in [6.07, 6.45) is 0.804. The van der Waals surface area contributed by atoms with Gasteiger partial charge >= 0.3 is 0 Å². The summed E-state index contributed by atoms with van der Waals surface area (Å²) in [5.74, 6) is -0.695. The molecule has 0 heterocycles. The van der Waals surface area contributed by atoms with Crippen molar-refractivity contribution in [2.24, 2.45) is 5.41 Å². The Bertz CT molecular complexity index is 900. The summed E-state index contributed by atoms with van der Waals surface area (Å²) in [4.78, 5) is 38.6. The van der Waals surface area contributed by atoms with Gasteiger partial charge in [0.15, 0.2) is 0 Å². The van der Waals surface area contributed by atoms with Crippen molar-refractivity contribution in [1.29, 1.82) is 0 Å². The van der Waals surface area contributed by atoms with Gasteiger partial charge in [0, 0.05) is 29.4 Å². The molecule has 154 valence electrons. The van der Waals surface area contributed by atoms with E-state index >= 15 is 0 Å². The Kier molecular flexibility index (Phi) is 7.15. The Hall–Kier alpha value is -3.15. The zero-order valence-electron chi connectivity index (χ0n) is 17.7. The molecule has 3 amide bonds. The van der Waals surface area contributed by atoms with Gasteiger partial charge in [-0.25, -0.2) is 0 Å². The van der Waals surface area contributed by atoms with E-state index in [9.17, 15) is 14.4 Å². The molecule has 0 aromatic heterocycles. The van der Waals surface area contributed by atoms with Gasteiger partial charge in [0.05, 0.1) is 6.54 Å². The molecule has 0 aliphatic heterocycles. The molecule has 2 N–H and O–H groups in total. The second-order valence-electron chi connectivity index (χ2n) is 8.01. The molecule has 0 aliphatic rings. The Morgan fingerprint density at radius 3 is 2.31 bits per heavy atom. The van der Waals surface area contributed by atoms with E-state index in [0.717, 1.165) is 17.7 Å². The first-order chi connectivity index (χ1) is 13.6. The van der Waals surface area contributed by atoms with Crippen LogP contribution in [0.4, 0.5) is 11.4 Å². The number of hydrogen-bond donors (Lipinski definition) is 2. The third kappa shape index (κ3) is 6.17. The van der Waals surface area contributed by atoms with E-state index in [0.29, 0.717) is 11.3 Å². The van der Waals surface area contributed by atoms with E-state index in [-0.39, 0.29) is 24.3 Å². The lowest BCUT2D eigenvalue weighted by molar-refractivity contribution is -0.123. The molecule has 0 saturated carbocycles. The van der Waals surface area contributed by atoms with Crippen molar-refractivity contribution >= 4 is 29.1 Å². The second-order valence-corrected chi connectivity index (χ2v) is 8.01. The highest BCUT2D eigenvalue weighted by Crippen LogP contribution is 2.19. The van der Waals surface area contributed by atoms with Crippen LogP contribution in [-0.4, -0.2) is 36.2 Å². The Labute approximate surface area is 172 Å². The zero-order chi connectivity index (χ0) is 21.6. The maximum absolute atomic E-state index is 12.7. The van der Waals surface area contributed by atoms with Crippen LogP contribution in [0, 0.1) is 5.41 Å². The maximum atomic E-state index is 12.7. The van der Waals surface area contributed by atoms with Crippen molar-refractivity contribution in [3.63, 3.8) is 0 Å². The predicted molar refractivity (Wildman–Crippen MR) is 116 cm³/mol. The number of hydrogen-bond acceptors (Lipinski definition) is 3. The van der Waals surface area contributed by atoms with E-state index in [2.05, 4.69) is 10.6 Å².